The van der Waals surface area contributed by atoms with Crippen molar-refractivity contribution in [2.24, 2.45) is 0 Å². The van der Waals surface area contributed by atoms with E-state index in [2.05, 4.69) is 20.9 Å². The Labute approximate surface area is 144 Å². The van der Waals surface area contributed by atoms with E-state index in [-0.39, 0.29) is 18.1 Å². The lowest BCUT2D eigenvalue weighted by Crippen LogP contribution is -2.33. The zero-order valence-corrected chi connectivity index (χ0v) is 13.6. The summed E-state index contributed by atoms with van der Waals surface area (Å²) in [6.07, 6.45) is 3.77. The molecule has 0 unspecified atom stereocenters. The maximum absolute atomic E-state index is 12.1. The van der Waals surface area contributed by atoms with Crippen LogP contribution in [0.15, 0.2) is 42.6 Å². The largest absolute Gasteiger partial charge is 0.381 e. The summed E-state index contributed by atoms with van der Waals surface area (Å²) in [5.74, 6) is -0.728. The van der Waals surface area contributed by atoms with Gasteiger partial charge in [-0.15, -0.1) is 0 Å². The van der Waals surface area contributed by atoms with Gasteiger partial charge in [-0.2, -0.15) is 0 Å². The standard InChI is InChI=1S/C17H17ClN4O2/c18-11-4-7-13(21-12-5-6-12)15(9-11)22-16(23)10-20-17(24)14-3-1-2-8-19-14/h1-4,7-9,12,21H,5-6,10H2,(H,20,24)(H,22,23). The molecule has 1 aromatic heterocycles. The molecule has 0 aliphatic heterocycles. The van der Waals surface area contributed by atoms with Crippen LogP contribution in [0.3, 0.4) is 0 Å². The Hall–Kier alpha value is -2.60. The van der Waals surface area contributed by atoms with Crippen LogP contribution in [-0.2, 0) is 4.79 Å². The molecule has 1 aromatic carbocycles. The lowest BCUT2D eigenvalue weighted by molar-refractivity contribution is -0.115. The van der Waals surface area contributed by atoms with E-state index in [0.717, 1.165) is 18.5 Å². The zero-order chi connectivity index (χ0) is 16.9. The molecule has 2 aromatic rings. The number of hydrogen-bond donors (Lipinski definition) is 3. The summed E-state index contributed by atoms with van der Waals surface area (Å²) in [6, 6.07) is 10.8. The quantitative estimate of drug-likeness (QED) is 0.752. The summed E-state index contributed by atoms with van der Waals surface area (Å²) >= 11 is 6.00. The van der Waals surface area contributed by atoms with Crippen molar-refractivity contribution in [2.45, 2.75) is 18.9 Å². The molecule has 2 amide bonds. The smallest absolute Gasteiger partial charge is 0.270 e. The number of benzene rings is 1. The Morgan fingerprint density at radius 1 is 1.17 bits per heavy atom. The third kappa shape index (κ3) is 4.45. The topological polar surface area (TPSA) is 83.1 Å². The van der Waals surface area contributed by atoms with E-state index >= 15 is 0 Å². The molecule has 0 saturated heterocycles. The molecule has 1 saturated carbocycles. The number of pyridine rings is 1. The normalized spacial score (nSPS) is 13.2. The fourth-order valence-electron chi connectivity index (χ4n) is 2.14. The van der Waals surface area contributed by atoms with Crippen molar-refractivity contribution >= 4 is 34.8 Å². The lowest BCUT2D eigenvalue weighted by atomic mass is 10.2. The van der Waals surface area contributed by atoms with Gasteiger partial charge in [0.2, 0.25) is 5.91 Å². The average Bonchev–Trinajstić information content (AvgIpc) is 3.40. The molecule has 1 fully saturated rings. The average molecular weight is 345 g/mol. The Morgan fingerprint density at radius 2 is 2.00 bits per heavy atom. The molecule has 0 spiro atoms. The summed E-state index contributed by atoms with van der Waals surface area (Å²) in [7, 11) is 0. The van der Waals surface area contributed by atoms with Crippen LogP contribution >= 0.6 is 11.6 Å². The van der Waals surface area contributed by atoms with E-state index < -0.39 is 5.91 Å². The Bertz CT molecular complexity index is 748. The van der Waals surface area contributed by atoms with Gasteiger partial charge in [0, 0.05) is 17.3 Å². The van der Waals surface area contributed by atoms with Crippen molar-refractivity contribution in [3.8, 4) is 0 Å². The van der Waals surface area contributed by atoms with Crippen molar-refractivity contribution in [3.05, 3.63) is 53.3 Å². The molecule has 1 heterocycles. The van der Waals surface area contributed by atoms with E-state index in [1.54, 1.807) is 30.3 Å². The monoisotopic (exact) mass is 344 g/mol. The van der Waals surface area contributed by atoms with Crippen molar-refractivity contribution in [2.75, 3.05) is 17.2 Å². The first kappa shape index (κ1) is 16.3. The van der Waals surface area contributed by atoms with Gasteiger partial charge >= 0.3 is 0 Å². The first-order chi connectivity index (χ1) is 11.6. The molecule has 0 bridgehead atoms. The second-order valence-corrected chi connectivity index (χ2v) is 5.99. The number of aromatic nitrogens is 1. The Kier molecular flexibility index (Phi) is 4.96. The van der Waals surface area contributed by atoms with Crippen LogP contribution in [0.2, 0.25) is 5.02 Å². The summed E-state index contributed by atoms with van der Waals surface area (Å²) in [6.45, 7) is -0.148. The van der Waals surface area contributed by atoms with E-state index in [0.29, 0.717) is 16.8 Å². The molecule has 6 nitrogen and oxygen atoms in total. The number of anilines is 2. The maximum atomic E-state index is 12.1. The molecule has 3 rings (SSSR count). The van der Waals surface area contributed by atoms with Crippen LogP contribution in [0.25, 0.3) is 0 Å². The minimum Gasteiger partial charge on any atom is -0.381 e. The van der Waals surface area contributed by atoms with Gasteiger partial charge in [-0.25, -0.2) is 0 Å². The number of amides is 2. The number of hydrogen-bond acceptors (Lipinski definition) is 4. The van der Waals surface area contributed by atoms with Gasteiger partial charge < -0.3 is 16.0 Å². The number of carbonyl (C=O) groups excluding carboxylic acids is 2. The van der Waals surface area contributed by atoms with Crippen LogP contribution < -0.4 is 16.0 Å². The fourth-order valence-corrected chi connectivity index (χ4v) is 2.31. The number of nitrogens with one attached hydrogen (secondary N) is 3. The second-order valence-electron chi connectivity index (χ2n) is 5.55. The van der Waals surface area contributed by atoms with Crippen LogP contribution in [0.1, 0.15) is 23.3 Å². The van der Waals surface area contributed by atoms with Gasteiger partial charge in [-0.3, -0.25) is 14.6 Å². The predicted octanol–water partition coefficient (Wildman–Crippen LogP) is 2.68. The number of rotatable bonds is 6. The van der Waals surface area contributed by atoms with Gasteiger partial charge in [-0.05, 0) is 43.2 Å². The molecule has 0 radical (unpaired) electrons. The molecular weight excluding hydrogens is 328 g/mol. The molecule has 7 heteroatoms. The first-order valence-corrected chi connectivity index (χ1v) is 8.05. The van der Waals surface area contributed by atoms with E-state index in [9.17, 15) is 9.59 Å². The minimum atomic E-state index is -0.395. The number of carbonyl (C=O) groups is 2. The molecular formula is C17H17ClN4O2. The lowest BCUT2D eigenvalue weighted by Gasteiger charge is -2.13. The maximum Gasteiger partial charge on any atom is 0.270 e. The Balaban J connectivity index is 1.58. The molecule has 0 atom stereocenters. The van der Waals surface area contributed by atoms with Gasteiger partial charge in [0.05, 0.1) is 17.9 Å². The summed E-state index contributed by atoms with van der Waals surface area (Å²) in [5.41, 5.74) is 1.70. The highest BCUT2D eigenvalue weighted by Gasteiger charge is 2.22. The van der Waals surface area contributed by atoms with Crippen molar-refractivity contribution in [1.82, 2.24) is 10.3 Å². The van der Waals surface area contributed by atoms with Crippen LogP contribution in [0.4, 0.5) is 11.4 Å². The van der Waals surface area contributed by atoms with E-state index in [4.69, 9.17) is 11.6 Å². The van der Waals surface area contributed by atoms with Crippen molar-refractivity contribution < 1.29 is 9.59 Å². The number of halogens is 1. The summed E-state index contributed by atoms with van der Waals surface area (Å²) < 4.78 is 0. The van der Waals surface area contributed by atoms with Crippen molar-refractivity contribution in [3.63, 3.8) is 0 Å². The minimum absolute atomic E-state index is 0.148. The van der Waals surface area contributed by atoms with Gasteiger partial charge in [0.15, 0.2) is 0 Å². The van der Waals surface area contributed by atoms with Gasteiger partial charge in [0.1, 0.15) is 5.69 Å². The van der Waals surface area contributed by atoms with E-state index in [1.807, 2.05) is 6.07 Å². The number of nitrogens with zero attached hydrogens (tertiary/aromatic N) is 1. The predicted molar refractivity (Wildman–Crippen MR) is 93.3 cm³/mol. The zero-order valence-electron chi connectivity index (χ0n) is 12.9. The summed E-state index contributed by atoms with van der Waals surface area (Å²) in [4.78, 5) is 27.9. The molecule has 24 heavy (non-hydrogen) atoms. The molecule has 124 valence electrons. The van der Waals surface area contributed by atoms with Crippen LogP contribution in [0.5, 0.6) is 0 Å². The van der Waals surface area contributed by atoms with Crippen molar-refractivity contribution in [1.29, 1.82) is 0 Å². The van der Waals surface area contributed by atoms with Gasteiger partial charge in [-0.1, -0.05) is 17.7 Å². The molecule has 1 aliphatic rings. The highest BCUT2D eigenvalue weighted by Crippen LogP contribution is 2.31. The Morgan fingerprint density at radius 3 is 2.71 bits per heavy atom. The molecule has 1 aliphatic carbocycles. The molecule has 3 N–H and O–H groups in total. The summed E-state index contributed by atoms with van der Waals surface area (Å²) in [5, 5.41) is 9.18. The highest BCUT2D eigenvalue weighted by molar-refractivity contribution is 6.31. The third-order valence-electron chi connectivity index (χ3n) is 3.50. The third-order valence-corrected chi connectivity index (χ3v) is 3.73. The van der Waals surface area contributed by atoms with Crippen LogP contribution in [-0.4, -0.2) is 29.4 Å². The van der Waals surface area contributed by atoms with Crippen LogP contribution in [0, 0.1) is 0 Å². The first-order valence-electron chi connectivity index (χ1n) is 7.67. The highest BCUT2D eigenvalue weighted by atomic mass is 35.5. The SMILES string of the molecule is O=C(CNC(=O)c1ccccn1)Nc1cc(Cl)ccc1NC1CC1. The second kappa shape index (κ2) is 7.31. The van der Waals surface area contributed by atoms with Gasteiger partial charge in [0.25, 0.3) is 5.91 Å². The fraction of sp³-hybridized carbons (Fsp3) is 0.235. The van der Waals surface area contributed by atoms with E-state index in [1.165, 1.54) is 6.20 Å².